The smallest absolute Gasteiger partial charge is 0.294 e. The van der Waals surface area contributed by atoms with Gasteiger partial charge in [-0.1, -0.05) is 28.9 Å². The van der Waals surface area contributed by atoms with Gasteiger partial charge in [0.2, 0.25) is 5.91 Å². The third-order valence-electron chi connectivity index (χ3n) is 8.37. The molecule has 14 heteroatoms. The molecule has 2 fully saturated rings. The lowest BCUT2D eigenvalue weighted by molar-refractivity contribution is -0.383. The molecule has 0 aliphatic carbocycles. The number of aromatic nitrogens is 1. The van der Waals surface area contributed by atoms with E-state index in [1.54, 1.807) is 54.2 Å². The maximum absolute atomic E-state index is 13.7. The summed E-state index contributed by atoms with van der Waals surface area (Å²) in [7, 11) is 1.54. The lowest BCUT2D eigenvalue weighted by Crippen LogP contribution is -2.49. The number of nitro groups is 1. The molecule has 2 saturated heterocycles. The number of hydrogen-bond acceptors (Lipinski definition) is 9. The Hall–Kier alpha value is -5.43. The molecule has 2 aliphatic rings. The Bertz CT molecular complexity index is 1870. The highest BCUT2D eigenvalue weighted by Gasteiger charge is 2.31. The first-order valence-electron chi connectivity index (χ1n) is 15.0. The number of aryl methyl sites for hydroxylation is 1. The summed E-state index contributed by atoms with van der Waals surface area (Å²) in [5.41, 5.74) is 2.46. The molecule has 13 nitrogen and oxygen atoms in total. The van der Waals surface area contributed by atoms with Crippen molar-refractivity contribution in [2.45, 2.75) is 19.8 Å². The number of methoxy groups -OCH3 is 1. The number of halogens is 1. The predicted octanol–water partition coefficient (Wildman–Crippen LogP) is 5.56. The number of piperazine rings is 1. The van der Waals surface area contributed by atoms with Gasteiger partial charge in [0, 0.05) is 62.0 Å². The van der Waals surface area contributed by atoms with E-state index in [1.807, 2.05) is 23.1 Å². The van der Waals surface area contributed by atoms with Crippen molar-refractivity contribution >= 4 is 52.1 Å². The standard InChI is InChI=1S/C33H31ClN6O7/c1-20-30(31(36-47-20)23-6-3-4-7-28(23)46-2)33(43)38-16-14-37(15-17-38)26-19-25(27(40(44)45)18-24(26)34)35-32(42)21-9-11-22(12-10-21)39-13-5-8-29(39)41/h3-4,6-7,9-12,18-19H,5,8,13-17H2,1-2H3,(H,35,42). The fraction of sp³-hybridized carbons (Fsp3) is 0.273. The molecule has 3 aromatic carbocycles. The Balaban J connectivity index is 1.18. The van der Waals surface area contributed by atoms with Crippen LogP contribution in [0.4, 0.5) is 22.7 Å². The zero-order valence-corrected chi connectivity index (χ0v) is 26.5. The minimum absolute atomic E-state index is 0.0155. The Morgan fingerprint density at radius 1 is 1.04 bits per heavy atom. The second kappa shape index (κ2) is 13.1. The molecule has 47 heavy (non-hydrogen) atoms. The van der Waals surface area contributed by atoms with Crippen LogP contribution in [-0.4, -0.2) is 72.5 Å². The largest absolute Gasteiger partial charge is 0.496 e. The van der Waals surface area contributed by atoms with Crippen LogP contribution in [0.3, 0.4) is 0 Å². The number of ether oxygens (including phenoxy) is 1. The lowest BCUT2D eigenvalue weighted by Gasteiger charge is -2.36. The minimum Gasteiger partial charge on any atom is -0.496 e. The number of anilines is 3. The number of rotatable bonds is 8. The van der Waals surface area contributed by atoms with Crippen molar-refractivity contribution in [2.24, 2.45) is 0 Å². The zero-order chi connectivity index (χ0) is 33.2. The monoisotopic (exact) mass is 658 g/mol. The van der Waals surface area contributed by atoms with Crippen LogP contribution in [-0.2, 0) is 4.79 Å². The second-order valence-electron chi connectivity index (χ2n) is 11.2. The Labute approximate surface area is 274 Å². The van der Waals surface area contributed by atoms with Gasteiger partial charge in [-0.05, 0) is 55.8 Å². The van der Waals surface area contributed by atoms with Crippen molar-refractivity contribution < 1.29 is 28.6 Å². The SMILES string of the molecule is COc1ccccc1-c1noc(C)c1C(=O)N1CCN(c2cc(NC(=O)c3ccc(N4CCCC4=O)cc3)c([N+](=O)[O-])cc2Cl)CC1. The van der Waals surface area contributed by atoms with Crippen molar-refractivity contribution in [3.63, 3.8) is 0 Å². The summed E-state index contributed by atoms with van der Waals surface area (Å²) >= 11 is 6.54. The Morgan fingerprint density at radius 2 is 1.77 bits per heavy atom. The topological polar surface area (TPSA) is 151 Å². The summed E-state index contributed by atoms with van der Waals surface area (Å²) in [5.74, 6) is 0.184. The summed E-state index contributed by atoms with van der Waals surface area (Å²) in [6, 6.07) is 16.5. The number of carbonyl (C=O) groups excluding carboxylic acids is 3. The first-order valence-corrected chi connectivity index (χ1v) is 15.4. The molecule has 0 radical (unpaired) electrons. The van der Waals surface area contributed by atoms with Crippen molar-refractivity contribution in [1.82, 2.24) is 10.1 Å². The molecule has 0 spiro atoms. The van der Waals surface area contributed by atoms with Gasteiger partial charge in [0.05, 0.1) is 22.7 Å². The van der Waals surface area contributed by atoms with Crippen LogP contribution in [0.2, 0.25) is 5.02 Å². The predicted molar refractivity (Wildman–Crippen MR) is 175 cm³/mol. The lowest BCUT2D eigenvalue weighted by atomic mass is 10.0. The highest BCUT2D eigenvalue weighted by atomic mass is 35.5. The normalized spacial score (nSPS) is 14.8. The van der Waals surface area contributed by atoms with Gasteiger partial charge in [0.25, 0.3) is 17.5 Å². The summed E-state index contributed by atoms with van der Waals surface area (Å²) in [6.07, 6.45) is 1.27. The average molecular weight is 659 g/mol. The van der Waals surface area contributed by atoms with E-state index in [2.05, 4.69) is 10.5 Å². The number of hydrogen-bond donors (Lipinski definition) is 1. The molecule has 1 N–H and O–H groups in total. The van der Waals surface area contributed by atoms with Gasteiger partial charge in [0.1, 0.15) is 28.5 Å². The average Bonchev–Trinajstić information content (AvgIpc) is 3.69. The molecule has 1 aromatic heterocycles. The first-order chi connectivity index (χ1) is 22.7. The van der Waals surface area contributed by atoms with Crippen LogP contribution < -0.4 is 19.9 Å². The number of nitrogens with one attached hydrogen (secondary N) is 1. The Kier molecular flexibility index (Phi) is 8.81. The van der Waals surface area contributed by atoms with Crippen molar-refractivity contribution in [1.29, 1.82) is 0 Å². The van der Waals surface area contributed by atoms with Gasteiger partial charge >= 0.3 is 0 Å². The van der Waals surface area contributed by atoms with Crippen molar-refractivity contribution in [3.05, 3.63) is 92.7 Å². The van der Waals surface area contributed by atoms with E-state index in [4.69, 9.17) is 20.9 Å². The molecule has 242 valence electrons. The first kappa shape index (κ1) is 31.5. The molecule has 0 saturated carbocycles. The number of carbonyl (C=O) groups is 3. The summed E-state index contributed by atoms with van der Waals surface area (Å²) in [6.45, 7) is 3.72. The molecular weight excluding hydrogens is 628 g/mol. The number of para-hydroxylation sites is 1. The summed E-state index contributed by atoms with van der Waals surface area (Å²) < 4.78 is 10.9. The molecule has 4 aromatic rings. The highest BCUT2D eigenvalue weighted by Crippen LogP contribution is 2.38. The molecule has 2 aliphatic heterocycles. The quantitative estimate of drug-likeness (QED) is 0.189. The Morgan fingerprint density at radius 3 is 2.43 bits per heavy atom. The van der Waals surface area contributed by atoms with Gasteiger partial charge in [-0.25, -0.2) is 0 Å². The van der Waals surface area contributed by atoms with Gasteiger partial charge < -0.3 is 29.3 Å². The minimum atomic E-state index is -0.607. The third kappa shape index (κ3) is 6.21. The second-order valence-corrected chi connectivity index (χ2v) is 11.6. The van der Waals surface area contributed by atoms with Crippen LogP contribution in [0.1, 0.15) is 39.3 Å². The maximum atomic E-state index is 13.7. The maximum Gasteiger partial charge on any atom is 0.294 e. The van der Waals surface area contributed by atoms with Gasteiger partial charge in [-0.15, -0.1) is 0 Å². The molecule has 0 unspecified atom stereocenters. The highest BCUT2D eigenvalue weighted by molar-refractivity contribution is 6.33. The summed E-state index contributed by atoms with van der Waals surface area (Å²) in [4.78, 5) is 55.5. The van der Waals surface area contributed by atoms with Crippen molar-refractivity contribution in [3.8, 4) is 17.0 Å². The van der Waals surface area contributed by atoms with Crippen LogP contribution in [0.5, 0.6) is 5.75 Å². The van der Waals surface area contributed by atoms with E-state index in [-0.39, 0.29) is 33.8 Å². The number of nitro benzene ring substituents is 1. The van der Waals surface area contributed by atoms with E-state index in [0.29, 0.717) is 78.8 Å². The van der Waals surface area contributed by atoms with Crippen LogP contribution in [0.25, 0.3) is 11.3 Å². The molecular formula is C33H31ClN6O7. The van der Waals surface area contributed by atoms with E-state index in [9.17, 15) is 24.5 Å². The van der Waals surface area contributed by atoms with Crippen LogP contribution in [0.15, 0.2) is 65.2 Å². The number of amides is 3. The number of nitrogens with zero attached hydrogens (tertiary/aromatic N) is 5. The van der Waals surface area contributed by atoms with E-state index in [1.165, 1.54) is 12.1 Å². The fourth-order valence-electron chi connectivity index (χ4n) is 5.91. The molecule has 6 rings (SSSR count). The van der Waals surface area contributed by atoms with Gasteiger partial charge in [0.15, 0.2) is 0 Å². The molecule has 3 amide bonds. The van der Waals surface area contributed by atoms with Crippen LogP contribution in [0, 0.1) is 17.0 Å². The molecule has 3 heterocycles. The van der Waals surface area contributed by atoms with Crippen LogP contribution >= 0.6 is 11.6 Å². The molecule has 0 bridgehead atoms. The summed E-state index contributed by atoms with van der Waals surface area (Å²) in [5, 5.41) is 18.9. The molecule has 0 atom stereocenters. The van der Waals surface area contributed by atoms with E-state index < -0.39 is 10.8 Å². The fourth-order valence-corrected chi connectivity index (χ4v) is 6.19. The van der Waals surface area contributed by atoms with Gasteiger partial charge in [-0.3, -0.25) is 24.5 Å². The van der Waals surface area contributed by atoms with Gasteiger partial charge in [-0.2, -0.15) is 0 Å². The number of benzene rings is 3. The van der Waals surface area contributed by atoms with Crippen molar-refractivity contribution in [2.75, 3.05) is 55.0 Å². The van der Waals surface area contributed by atoms with E-state index in [0.717, 1.165) is 6.42 Å². The van der Waals surface area contributed by atoms with E-state index >= 15 is 0 Å². The third-order valence-corrected chi connectivity index (χ3v) is 8.67. The zero-order valence-electron chi connectivity index (χ0n) is 25.7.